The Morgan fingerprint density at radius 1 is 1.32 bits per heavy atom. The van der Waals surface area contributed by atoms with Gasteiger partial charge < -0.3 is 0 Å². The van der Waals surface area contributed by atoms with Crippen LogP contribution in [0.15, 0.2) is 24.3 Å². The quantitative estimate of drug-likeness (QED) is 0.614. The second kappa shape index (κ2) is 4.72. The molecule has 0 aromatic heterocycles. The standard InChI is InChI=1S/C16H16O3/c17-9-10-2-1-3-12(6-10)15(18)8-14-11-4-5-13(7-11)16(14)19/h1-3,6,9,11,13-14H,4-5,7-8H2. The van der Waals surface area contributed by atoms with Crippen LogP contribution >= 0.6 is 0 Å². The fraction of sp³-hybridized carbons (Fsp3) is 0.438. The van der Waals surface area contributed by atoms with Gasteiger partial charge in [-0.2, -0.15) is 0 Å². The van der Waals surface area contributed by atoms with Gasteiger partial charge in [-0.3, -0.25) is 14.4 Å². The van der Waals surface area contributed by atoms with Gasteiger partial charge in [0.25, 0.3) is 0 Å². The maximum absolute atomic E-state index is 12.2. The molecule has 3 atom stereocenters. The topological polar surface area (TPSA) is 51.2 Å². The SMILES string of the molecule is O=Cc1cccc(C(=O)CC2C(=O)C3CCC2C3)c1. The highest BCUT2D eigenvalue weighted by atomic mass is 16.1. The van der Waals surface area contributed by atoms with Crippen molar-refractivity contribution in [3.63, 3.8) is 0 Å². The summed E-state index contributed by atoms with van der Waals surface area (Å²) in [5.41, 5.74) is 1.05. The molecule has 2 aliphatic carbocycles. The lowest BCUT2D eigenvalue weighted by Crippen LogP contribution is -2.24. The average molecular weight is 256 g/mol. The number of fused-ring (bicyclic) bond motifs is 2. The molecule has 0 aliphatic heterocycles. The molecule has 0 radical (unpaired) electrons. The third kappa shape index (κ3) is 2.14. The van der Waals surface area contributed by atoms with Crippen molar-refractivity contribution in [2.75, 3.05) is 0 Å². The first-order valence-electron chi connectivity index (χ1n) is 6.81. The van der Waals surface area contributed by atoms with Gasteiger partial charge in [0.05, 0.1) is 0 Å². The summed E-state index contributed by atoms with van der Waals surface area (Å²) in [7, 11) is 0. The fourth-order valence-electron chi connectivity index (χ4n) is 3.55. The van der Waals surface area contributed by atoms with E-state index in [2.05, 4.69) is 0 Å². The molecular weight excluding hydrogens is 240 g/mol. The fourth-order valence-corrected chi connectivity index (χ4v) is 3.55. The molecule has 2 aliphatic rings. The molecule has 0 spiro atoms. The molecule has 19 heavy (non-hydrogen) atoms. The van der Waals surface area contributed by atoms with Gasteiger partial charge in [0, 0.05) is 29.4 Å². The first kappa shape index (κ1) is 12.3. The van der Waals surface area contributed by atoms with Gasteiger partial charge >= 0.3 is 0 Å². The van der Waals surface area contributed by atoms with Crippen LogP contribution in [0, 0.1) is 17.8 Å². The van der Waals surface area contributed by atoms with Crippen LogP contribution in [-0.2, 0) is 4.79 Å². The minimum absolute atomic E-state index is 0.0189. The predicted octanol–water partition coefficient (Wildman–Crippen LogP) is 2.69. The number of carbonyl (C=O) groups is 3. The monoisotopic (exact) mass is 256 g/mol. The summed E-state index contributed by atoms with van der Waals surface area (Å²) in [5, 5.41) is 0. The summed E-state index contributed by atoms with van der Waals surface area (Å²) >= 11 is 0. The summed E-state index contributed by atoms with van der Waals surface area (Å²) in [6, 6.07) is 6.70. The van der Waals surface area contributed by atoms with E-state index in [1.54, 1.807) is 24.3 Å². The van der Waals surface area contributed by atoms with E-state index in [9.17, 15) is 14.4 Å². The van der Waals surface area contributed by atoms with Crippen LogP contribution in [0.4, 0.5) is 0 Å². The van der Waals surface area contributed by atoms with Gasteiger partial charge in [-0.15, -0.1) is 0 Å². The van der Waals surface area contributed by atoms with Crippen LogP contribution in [0.25, 0.3) is 0 Å². The molecule has 2 bridgehead atoms. The molecule has 1 aromatic carbocycles. The van der Waals surface area contributed by atoms with Crippen LogP contribution in [0.5, 0.6) is 0 Å². The van der Waals surface area contributed by atoms with Crippen LogP contribution in [0.3, 0.4) is 0 Å². The van der Waals surface area contributed by atoms with E-state index < -0.39 is 0 Å². The van der Waals surface area contributed by atoms with Gasteiger partial charge in [-0.25, -0.2) is 0 Å². The average Bonchev–Trinajstić information content (AvgIpc) is 3.02. The highest BCUT2D eigenvalue weighted by Gasteiger charge is 2.47. The number of aldehydes is 1. The molecule has 3 unspecified atom stereocenters. The minimum Gasteiger partial charge on any atom is -0.299 e. The summed E-state index contributed by atoms with van der Waals surface area (Å²) < 4.78 is 0. The molecule has 3 rings (SSSR count). The van der Waals surface area contributed by atoms with Gasteiger partial charge in [0.2, 0.25) is 0 Å². The lowest BCUT2D eigenvalue weighted by molar-refractivity contribution is -0.125. The zero-order chi connectivity index (χ0) is 13.4. The van der Waals surface area contributed by atoms with E-state index in [1.807, 2.05) is 0 Å². The molecule has 3 nitrogen and oxygen atoms in total. The molecule has 98 valence electrons. The molecular formula is C16H16O3. The van der Waals surface area contributed by atoms with Crippen molar-refractivity contribution in [1.82, 2.24) is 0 Å². The van der Waals surface area contributed by atoms with Gasteiger partial charge in [-0.1, -0.05) is 18.2 Å². The van der Waals surface area contributed by atoms with E-state index in [-0.39, 0.29) is 23.4 Å². The number of hydrogen-bond donors (Lipinski definition) is 0. The lowest BCUT2D eigenvalue weighted by Gasteiger charge is -2.19. The molecule has 2 fully saturated rings. The Kier molecular flexibility index (Phi) is 3.05. The van der Waals surface area contributed by atoms with Crippen LogP contribution in [-0.4, -0.2) is 17.9 Å². The van der Waals surface area contributed by atoms with E-state index in [0.717, 1.165) is 25.5 Å². The van der Waals surface area contributed by atoms with E-state index in [4.69, 9.17) is 0 Å². The number of benzene rings is 1. The minimum atomic E-state index is -0.0777. The van der Waals surface area contributed by atoms with Crippen molar-refractivity contribution in [3.05, 3.63) is 35.4 Å². The van der Waals surface area contributed by atoms with Crippen LogP contribution in [0.1, 0.15) is 46.4 Å². The van der Waals surface area contributed by atoms with Crippen molar-refractivity contribution in [1.29, 1.82) is 0 Å². The Morgan fingerprint density at radius 3 is 2.84 bits per heavy atom. The first-order chi connectivity index (χ1) is 9.19. The summed E-state index contributed by atoms with van der Waals surface area (Å²) in [4.78, 5) is 35.0. The zero-order valence-corrected chi connectivity index (χ0v) is 10.7. The number of Topliss-reactive ketones (excluding diaryl/α,β-unsaturated/α-hetero) is 2. The summed E-state index contributed by atoms with van der Waals surface area (Å²) in [6.45, 7) is 0. The van der Waals surface area contributed by atoms with Crippen LogP contribution in [0.2, 0.25) is 0 Å². The maximum atomic E-state index is 12.2. The normalized spacial score (nSPS) is 28.6. The number of carbonyl (C=O) groups excluding carboxylic acids is 3. The van der Waals surface area contributed by atoms with Crippen molar-refractivity contribution >= 4 is 17.9 Å². The van der Waals surface area contributed by atoms with Crippen molar-refractivity contribution in [3.8, 4) is 0 Å². The highest BCUT2D eigenvalue weighted by molar-refractivity contribution is 6.00. The smallest absolute Gasteiger partial charge is 0.163 e. The molecule has 3 heteroatoms. The largest absolute Gasteiger partial charge is 0.299 e. The second-order valence-electron chi connectivity index (χ2n) is 5.65. The molecule has 0 amide bonds. The predicted molar refractivity (Wildman–Crippen MR) is 70.1 cm³/mol. The van der Waals surface area contributed by atoms with Crippen molar-refractivity contribution in [2.45, 2.75) is 25.7 Å². The molecule has 0 heterocycles. The third-order valence-electron chi connectivity index (χ3n) is 4.56. The van der Waals surface area contributed by atoms with E-state index in [0.29, 0.717) is 23.5 Å². The molecule has 0 N–H and O–H groups in total. The Hall–Kier alpha value is -1.77. The van der Waals surface area contributed by atoms with Crippen LogP contribution < -0.4 is 0 Å². The number of hydrogen-bond acceptors (Lipinski definition) is 3. The molecule has 1 aromatic rings. The summed E-state index contributed by atoms with van der Waals surface area (Å²) in [5.74, 6) is 0.816. The molecule has 0 saturated heterocycles. The Bertz CT molecular complexity index is 547. The summed E-state index contributed by atoms with van der Waals surface area (Å²) in [6.07, 6.45) is 4.12. The Morgan fingerprint density at radius 2 is 2.16 bits per heavy atom. The lowest BCUT2D eigenvalue weighted by atomic mass is 9.83. The van der Waals surface area contributed by atoms with E-state index >= 15 is 0 Å². The van der Waals surface area contributed by atoms with Crippen molar-refractivity contribution < 1.29 is 14.4 Å². The number of ketones is 2. The van der Waals surface area contributed by atoms with Crippen molar-refractivity contribution in [2.24, 2.45) is 17.8 Å². The van der Waals surface area contributed by atoms with Gasteiger partial charge in [0.1, 0.15) is 12.1 Å². The first-order valence-corrected chi connectivity index (χ1v) is 6.81. The third-order valence-corrected chi connectivity index (χ3v) is 4.56. The van der Waals surface area contributed by atoms with Gasteiger partial charge in [-0.05, 0) is 31.2 Å². The highest BCUT2D eigenvalue weighted by Crippen LogP contribution is 2.47. The Labute approximate surface area is 112 Å². The number of rotatable bonds is 4. The maximum Gasteiger partial charge on any atom is 0.163 e. The zero-order valence-electron chi connectivity index (χ0n) is 10.7. The molecule has 2 saturated carbocycles. The van der Waals surface area contributed by atoms with Gasteiger partial charge in [0.15, 0.2) is 5.78 Å². The van der Waals surface area contributed by atoms with E-state index in [1.165, 1.54) is 0 Å². The Balaban J connectivity index is 1.74. The second-order valence-corrected chi connectivity index (χ2v) is 5.65.